The molecule has 3 rings (SSSR count). The Morgan fingerprint density at radius 2 is 1.74 bits per heavy atom. The van der Waals surface area contributed by atoms with E-state index in [1.165, 1.54) is 11.1 Å². The fourth-order valence-electron chi connectivity index (χ4n) is 3.72. The zero-order chi connectivity index (χ0) is 22.8. The molecular weight excluding hydrogens is 396 g/mol. The second-order valence-electron chi connectivity index (χ2n) is 7.71. The van der Waals surface area contributed by atoms with Crippen LogP contribution in [0.1, 0.15) is 46.3 Å². The summed E-state index contributed by atoms with van der Waals surface area (Å²) in [4.78, 5) is 33.4. The third-order valence-electron chi connectivity index (χ3n) is 5.71. The molecule has 31 heavy (non-hydrogen) atoms. The maximum atomic E-state index is 12.7. The monoisotopic (exact) mass is 426 g/mol. The maximum Gasteiger partial charge on any atom is 0.290 e. The van der Waals surface area contributed by atoms with Crippen molar-refractivity contribution in [1.29, 1.82) is 0 Å². The Kier molecular flexibility index (Phi) is 9.21. The summed E-state index contributed by atoms with van der Waals surface area (Å²) in [5, 5.41) is 23.1. The molecule has 2 aromatic carbocycles. The van der Waals surface area contributed by atoms with Gasteiger partial charge in [-0.2, -0.15) is 0 Å². The fourth-order valence-corrected chi connectivity index (χ4v) is 3.72. The van der Waals surface area contributed by atoms with E-state index in [0.717, 1.165) is 5.56 Å². The summed E-state index contributed by atoms with van der Waals surface area (Å²) in [5.74, 6) is -0.456. The number of carbonyl (C=O) groups excluding carboxylic acids is 2. The van der Waals surface area contributed by atoms with E-state index >= 15 is 0 Å². The number of hydrogen-bond donors (Lipinski definition) is 4. The van der Waals surface area contributed by atoms with Crippen LogP contribution in [-0.2, 0) is 16.1 Å². The second kappa shape index (κ2) is 11.9. The molecule has 0 unspecified atom stereocenters. The van der Waals surface area contributed by atoms with Crippen molar-refractivity contribution in [2.75, 3.05) is 0 Å². The Balaban J connectivity index is 0.00000107. The van der Waals surface area contributed by atoms with Crippen LogP contribution < -0.4 is 10.6 Å². The minimum Gasteiger partial charge on any atom is -0.483 e. The van der Waals surface area contributed by atoms with Crippen molar-refractivity contribution in [3.05, 3.63) is 70.8 Å². The molecule has 2 aromatic rings. The first-order chi connectivity index (χ1) is 14.9. The van der Waals surface area contributed by atoms with E-state index in [0.29, 0.717) is 31.4 Å². The highest BCUT2D eigenvalue weighted by Crippen LogP contribution is 2.25. The maximum absolute atomic E-state index is 12.7. The molecule has 166 valence electrons. The Hall–Kier alpha value is -3.19. The van der Waals surface area contributed by atoms with E-state index in [-0.39, 0.29) is 24.2 Å². The summed E-state index contributed by atoms with van der Waals surface area (Å²) in [5.41, 5.74) is 4.06. The average Bonchev–Trinajstić information content (AvgIpc) is 2.77. The number of aliphatic hydroxyl groups is 1. The molecule has 0 aliphatic heterocycles. The molecule has 1 aliphatic rings. The molecule has 1 saturated carbocycles. The number of benzene rings is 2. The molecule has 0 aromatic heterocycles. The third kappa shape index (κ3) is 6.93. The highest BCUT2D eigenvalue weighted by molar-refractivity contribution is 5.94. The van der Waals surface area contributed by atoms with E-state index in [2.05, 4.69) is 30.5 Å². The molecule has 0 spiro atoms. The van der Waals surface area contributed by atoms with Gasteiger partial charge in [-0.3, -0.25) is 14.4 Å². The van der Waals surface area contributed by atoms with Crippen molar-refractivity contribution < 1.29 is 24.6 Å². The smallest absolute Gasteiger partial charge is 0.290 e. The molecule has 0 saturated heterocycles. The molecule has 7 heteroatoms. The molecule has 0 radical (unpaired) electrons. The van der Waals surface area contributed by atoms with Crippen molar-refractivity contribution in [1.82, 2.24) is 10.6 Å². The van der Waals surface area contributed by atoms with Crippen LogP contribution in [0.2, 0.25) is 0 Å². The lowest BCUT2D eigenvalue weighted by molar-refractivity contribution is -0.127. The van der Waals surface area contributed by atoms with Gasteiger partial charge in [-0.15, -0.1) is 0 Å². The number of rotatable bonds is 5. The summed E-state index contributed by atoms with van der Waals surface area (Å²) in [6.45, 7) is 4.36. The number of hydrogen-bond acceptors (Lipinski definition) is 4. The van der Waals surface area contributed by atoms with Gasteiger partial charge in [0.2, 0.25) is 5.91 Å². The first kappa shape index (κ1) is 24.1. The first-order valence-electron chi connectivity index (χ1n) is 10.3. The summed E-state index contributed by atoms with van der Waals surface area (Å²) in [6, 6.07) is 14.6. The Bertz CT molecular complexity index is 885. The lowest BCUT2D eigenvalue weighted by Crippen LogP contribution is -2.49. The van der Waals surface area contributed by atoms with E-state index in [1.54, 1.807) is 24.3 Å². The second-order valence-corrected chi connectivity index (χ2v) is 7.71. The zero-order valence-electron chi connectivity index (χ0n) is 17.9. The van der Waals surface area contributed by atoms with E-state index in [4.69, 9.17) is 9.90 Å². The topological polar surface area (TPSA) is 116 Å². The van der Waals surface area contributed by atoms with Crippen LogP contribution in [0.4, 0.5) is 0 Å². The van der Waals surface area contributed by atoms with Crippen LogP contribution in [0, 0.1) is 19.8 Å². The van der Waals surface area contributed by atoms with Crippen LogP contribution in [0.25, 0.3) is 0 Å². The van der Waals surface area contributed by atoms with Gasteiger partial charge in [0.05, 0.1) is 12.1 Å². The number of carboxylic acid groups (broad SMARTS) is 1. The van der Waals surface area contributed by atoms with Crippen LogP contribution in [-0.4, -0.2) is 40.6 Å². The van der Waals surface area contributed by atoms with Gasteiger partial charge in [-0.25, -0.2) is 0 Å². The summed E-state index contributed by atoms with van der Waals surface area (Å²) >= 11 is 0. The van der Waals surface area contributed by atoms with Crippen LogP contribution in [0.3, 0.4) is 0 Å². The van der Waals surface area contributed by atoms with E-state index < -0.39 is 12.1 Å². The van der Waals surface area contributed by atoms with Gasteiger partial charge >= 0.3 is 0 Å². The number of aryl methyl sites for hydroxylation is 1. The van der Waals surface area contributed by atoms with Crippen molar-refractivity contribution in [2.24, 2.45) is 5.92 Å². The predicted octanol–water partition coefficient (Wildman–Crippen LogP) is 2.58. The van der Waals surface area contributed by atoms with Crippen LogP contribution in [0.5, 0.6) is 0 Å². The molecule has 7 nitrogen and oxygen atoms in total. The zero-order valence-corrected chi connectivity index (χ0v) is 17.9. The highest BCUT2D eigenvalue weighted by atomic mass is 16.3. The minimum atomic E-state index is -0.629. The third-order valence-corrected chi connectivity index (χ3v) is 5.71. The lowest BCUT2D eigenvalue weighted by Gasteiger charge is -2.33. The lowest BCUT2D eigenvalue weighted by atomic mass is 9.83. The Morgan fingerprint density at radius 1 is 1.06 bits per heavy atom. The van der Waals surface area contributed by atoms with Crippen molar-refractivity contribution >= 4 is 18.3 Å². The fraction of sp³-hybridized carbons (Fsp3) is 0.375. The number of amides is 2. The highest BCUT2D eigenvalue weighted by Gasteiger charge is 2.33. The number of nitrogens with one attached hydrogen (secondary N) is 2. The summed E-state index contributed by atoms with van der Waals surface area (Å²) in [6.07, 6.45) is 0.938. The van der Waals surface area contributed by atoms with Gasteiger partial charge in [-0.1, -0.05) is 36.4 Å². The van der Waals surface area contributed by atoms with E-state index in [9.17, 15) is 14.7 Å². The summed E-state index contributed by atoms with van der Waals surface area (Å²) in [7, 11) is 0. The number of aliphatic hydroxyl groups excluding tert-OH is 1. The van der Waals surface area contributed by atoms with Crippen LogP contribution in [0.15, 0.2) is 48.5 Å². The summed E-state index contributed by atoms with van der Waals surface area (Å²) < 4.78 is 0. The Morgan fingerprint density at radius 3 is 2.42 bits per heavy atom. The average molecular weight is 427 g/mol. The van der Waals surface area contributed by atoms with Crippen molar-refractivity contribution in [3.63, 3.8) is 0 Å². The molecule has 1 aliphatic carbocycles. The molecular formula is C24H30N2O5. The first-order valence-corrected chi connectivity index (χ1v) is 10.3. The van der Waals surface area contributed by atoms with Gasteiger partial charge in [0.25, 0.3) is 12.4 Å². The largest absolute Gasteiger partial charge is 0.483 e. The van der Waals surface area contributed by atoms with Crippen molar-refractivity contribution in [2.45, 2.75) is 51.8 Å². The molecule has 0 heterocycles. The molecule has 0 bridgehead atoms. The standard InChI is InChI=1S/C23H28N2O3.CH2O2/c1-15-7-6-10-19(16(15)2)14-24-22(27)18-11-12-21(26)20(13-18)25-23(28)17-8-4-3-5-9-17;2-1-3/h3-10,18,20-21,26H,11-14H2,1-2H3,(H,24,27)(H,25,28);1H,(H,2,3)/t18-,20+,21+;/m0./s1. The SMILES string of the molecule is Cc1cccc(CNC(=O)[C@H]2CC[C@@H](O)[C@H](NC(=O)c3ccccc3)C2)c1C.O=CO. The van der Waals surface area contributed by atoms with Gasteiger partial charge in [-0.05, 0) is 61.9 Å². The molecule has 1 fully saturated rings. The predicted molar refractivity (Wildman–Crippen MR) is 117 cm³/mol. The van der Waals surface area contributed by atoms with Gasteiger partial charge in [0, 0.05) is 18.0 Å². The van der Waals surface area contributed by atoms with Gasteiger partial charge in [0.15, 0.2) is 0 Å². The molecule has 4 N–H and O–H groups in total. The number of carbonyl (C=O) groups is 3. The van der Waals surface area contributed by atoms with Gasteiger partial charge < -0.3 is 20.8 Å². The van der Waals surface area contributed by atoms with Gasteiger partial charge in [0.1, 0.15) is 0 Å². The van der Waals surface area contributed by atoms with Crippen LogP contribution >= 0.6 is 0 Å². The minimum absolute atomic E-state index is 0.0215. The van der Waals surface area contributed by atoms with E-state index in [1.807, 2.05) is 18.2 Å². The van der Waals surface area contributed by atoms with Crippen molar-refractivity contribution in [3.8, 4) is 0 Å². The molecule has 2 amide bonds. The Labute approximate surface area is 182 Å². The quantitative estimate of drug-likeness (QED) is 0.549. The normalized spacial score (nSPS) is 20.0. The molecule has 3 atom stereocenters.